The number of primary amides is 1. The number of guanidine groups is 1. The van der Waals surface area contributed by atoms with Crippen LogP contribution in [-0.2, 0) is 25.6 Å². The summed E-state index contributed by atoms with van der Waals surface area (Å²) in [5.74, 6) is -5.05. The zero-order chi connectivity index (χ0) is 34.9. The third-order valence-corrected chi connectivity index (χ3v) is 6.40. The van der Waals surface area contributed by atoms with Crippen molar-refractivity contribution in [3.05, 3.63) is 71.3 Å². The molecule has 0 saturated heterocycles. The van der Waals surface area contributed by atoms with Crippen LogP contribution in [0.3, 0.4) is 0 Å². The van der Waals surface area contributed by atoms with E-state index in [0.29, 0.717) is 31.4 Å². The fourth-order valence-corrected chi connectivity index (χ4v) is 4.03. The summed E-state index contributed by atoms with van der Waals surface area (Å²) in [5, 5.41) is 20.2. The number of carboxylic acid groups (broad SMARTS) is 1. The predicted molar refractivity (Wildman–Crippen MR) is 165 cm³/mol. The van der Waals surface area contributed by atoms with Crippen LogP contribution >= 0.6 is 0 Å². The number of rotatable bonds is 16. The third-order valence-electron chi connectivity index (χ3n) is 6.40. The molecule has 0 bridgehead atoms. The Morgan fingerprint density at radius 2 is 1.39 bits per heavy atom. The number of aliphatic imine (C=N–C) groups is 1. The maximum absolute atomic E-state index is 13.6. The van der Waals surface area contributed by atoms with Crippen LogP contribution in [0.4, 0.5) is 13.2 Å². The zero-order valence-corrected chi connectivity index (χ0v) is 24.9. The highest BCUT2D eigenvalue weighted by atomic mass is 19.4. The molecule has 0 aliphatic heterocycles. The average molecular weight is 652 g/mol. The summed E-state index contributed by atoms with van der Waals surface area (Å²) in [7, 11) is 0. The number of amidine groups is 1. The highest BCUT2D eigenvalue weighted by Crippen LogP contribution is 2.22. The van der Waals surface area contributed by atoms with Gasteiger partial charge in [0.2, 0.25) is 17.7 Å². The molecule has 3 atom stereocenters. The molecule has 252 valence electrons. The molecule has 17 heteroatoms. The van der Waals surface area contributed by atoms with Crippen molar-refractivity contribution >= 4 is 35.5 Å². The molecule has 0 aliphatic rings. The number of nitrogens with zero attached hydrogens (tertiary/aromatic N) is 1. The number of amides is 3. The molecule has 0 radical (unpaired) electrons. The van der Waals surface area contributed by atoms with Crippen molar-refractivity contribution in [2.75, 3.05) is 13.1 Å². The molecular weight excluding hydrogens is 611 g/mol. The summed E-state index contributed by atoms with van der Waals surface area (Å²) in [6.07, 6.45) is -3.31. The van der Waals surface area contributed by atoms with Gasteiger partial charge < -0.3 is 44.4 Å². The number of hydrogen-bond donors (Lipinski definition) is 9. The van der Waals surface area contributed by atoms with Gasteiger partial charge in [-0.1, -0.05) is 54.6 Å². The van der Waals surface area contributed by atoms with Crippen LogP contribution < -0.4 is 39.3 Å². The Bertz CT molecular complexity index is 1340. The first-order valence-corrected chi connectivity index (χ1v) is 14.0. The number of carbonyl (C=O) groups is 4. The number of carboxylic acids is 1. The highest BCUT2D eigenvalue weighted by molar-refractivity contribution is 5.95. The lowest BCUT2D eigenvalue weighted by molar-refractivity contribution is -0.192. The van der Waals surface area contributed by atoms with Gasteiger partial charge in [-0.25, -0.2) is 4.79 Å². The molecule has 0 fully saturated rings. The Morgan fingerprint density at radius 1 is 0.848 bits per heavy atom. The summed E-state index contributed by atoms with van der Waals surface area (Å²) in [6.45, 7) is 0.601. The Hall–Kier alpha value is -5.19. The molecule has 0 heterocycles. The summed E-state index contributed by atoms with van der Waals surface area (Å²) in [4.78, 5) is 51.5. The molecule has 14 N–H and O–H groups in total. The van der Waals surface area contributed by atoms with E-state index < -0.39 is 42.0 Å². The van der Waals surface area contributed by atoms with Crippen molar-refractivity contribution in [2.24, 2.45) is 33.7 Å². The fraction of sp³-hybridized carbons (Fsp3) is 0.379. The van der Waals surface area contributed by atoms with E-state index in [1.54, 1.807) is 12.1 Å². The van der Waals surface area contributed by atoms with Crippen LogP contribution in [0.5, 0.6) is 0 Å². The molecule has 0 aliphatic carbocycles. The molecule has 2 aromatic rings. The molecule has 0 aromatic heterocycles. The number of halogens is 3. The number of nitrogens with one attached hydrogen (secondary N) is 3. The number of hydrogen-bond acceptors (Lipinski definition) is 7. The minimum Gasteiger partial charge on any atom is -0.475 e. The SMILES string of the molecule is N=C(N)c1ccc(C[C@@H](C(=O)N[C@@H](CCCN)C(=O)N[C@@H](CCCN=C(N)N)C(N)=O)c2ccccc2)cc1.O=C(O)C(F)(F)F. The van der Waals surface area contributed by atoms with E-state index in [-0.39, 0.29) is 37.1 Å². The predicted octanol–water partition coefficient (Wildman–Crippen LogP) is 0.178. The molecule has 2 rings (SSSR count). The third kappa shape index (κ3) is 14.5. The normalized spacial score (nSPS) is 12.7. The standard InChI is InChI=1S/C27H39N9O3.C2HF3O2/c28-14-4-8-22(26(39)35-21(24(31)37)9-5-15-34-27(32)33)36-25(38)20(18-6-2-1-3-7-18)16-17-10-12-19(13-11-17)23(29)30;3-2(4,5)1(6)7/h1-3,6-7,10-13,20-22H,4-5,8-9,14-16,28H2,(H3,29,30)(H2,31,37)(H,35,39)(H,36,38)(H4,32,33,34);(H,6,7)/t20-,21+,22+;/m1./s1. The summed E-state index contributed by atoms with van der Waals surface area (Å²) >= 11 is 0. The van der Waals surface area contributed by atoms with Gasteiger partial charge in [0.25, 0.3) is 0 Å². The smallest absolute Gasteiger partial charge is 0.475 e. The van der Waals surface area contributed by atoms with E-state index in [0.717, 1.165) is 11.1 Å². The second kappa shape index (κ2) is 19.3. The molecule has 46 heavy (non-hydrogen) atoms. The van der Waals surface area contributed by atoms with E-state index in [9.17, 15) is 27.6 Å². The number of alkyl halides is 3. The van der Waals surface area contributed by atoms with Gasteiger partial charge in [0, 0.05) is 12.1 Å². The lowest BCUT2D eigenvalue weighted by atomic mass is 9.90. The first kappa shape index (κ1) is 38.8. The van der Waals surface area contributed by atoms with Crippen molar-refractivity contribution in [1.82, 2.24) is 10.6 Å². The van der Waals surface area contributed by atoms with Gasteiger partial charge in [0.15, 0.2) is 5.96 Å². The lowest BCUT2D eigenvalue weighted by Crippen LogP contribution is -2.53. The summed E-state index contributed by atoms with van der Waals surface area (Å²) in [5.41, 5.74) is 29.6. The first-order valence-electron chi connectivity index (χ1n) is 14.0. The Balaban J connectivity index is 0.00000135. The summed E-state index contributed by atoms with van der Waals surface area (Å²) in [6, 6.07) is 14.5. The minimum absolute atomic E-state index is 0.0434. The van der Waals surface area contributed by atoms with Gasteiger partial charge in [-0.05, 0) is 49.8 Å². The monoisotopic (exact) mass is 651 g/mol. The second-order valence-electron chi connectivity index (χ2n) is 9.99. The van der Waals surface area contributed by atoms with Gasteiger partial charge in [-0.15, -0.1) is 0 Å². The Labute approximate surface area is 263 Å². The molecule has 3 amide bonds. The van der Waals surface area contributed by atoms with Crippen molar-refractivity contribution in [1.29, 1.82) is 5.41 Å². The van der Waals surface area contributed by atoms with Crippen LogP contribution in [0.25, 0.3) is 0 Å². The van der Waals surface area contributed by atoms with Gasteiger partial charge in [0.1, 0.15) is 17.9 Å². The van der Waals surface area contributed by atoms with Crippen LogP contribution in [0.2, 0.25) is 0 Å². The Morgan fingerprint density at radius 3 is 1.87 bits per heavy atom. The Kier molecular flexibility index (Phi) is 16.3. The lowest BCUT2D eigenvalue weighted by Gasteiger charge is -2.24. The molecular formula is C29H40F3N9O5. The van der Waals surface area contributed by atoms with Gasteiger partial charge in [-0.2, -0.15) is 13.2 Å². The van der Waals surface area contributed by atoms with Gasteiger partial charge >= 0.3 is 12.1 Å². The van der Waals surface area contributed by atoms with E-state index >= 15 is 0 Å². The number of carbonyl (C=O) groups excluding carboxylic acids is 3. The second-order valence-corrected chi connectivity index (χ2v) is 9.99. The van der Waals surface area contributed by atoms with E-state index in [1.165, 1.54) is 0 Å². The zero-order valence-electron chi connectivity index (χ0n) is 24.9. The van der Waals surface area contributed by atoms with Crippen molar-refractivity contribution < 1.29 is 37.5 Å². The van der Waals surface area contributed by atoms with Crippen LogP contribution in [0, 0.1) is 5.41 Å². The molecule has 0 spiro atoms. The van der Waals surface area contributed by atoms with Crippen LogP contribution in [0.15, 0.2) is 59.6 Å². The number of benzene rings is 2. The van der Waals surface area contributed by atoms with Gasteiger partial charge in [-0.3, -0.25) is 24.8 Å². The molecule has 14 nitrogen and oxygen atoms in total. The van der Waals surface area contributed by atoms with Crippen molar-refractivity contribution in [2.45, 2.75) is 56.3 Å². The fourth-order valence-electron chi connectivity index (χ4n) is 4.03. The number of nitrogen functional groups attached to an aromatic ring is 1. The number of nitrogens with two attached hydrogens (primary N) is 5. The summed E-state index contributed by atoms with van der Waals surface area (Å²) < 4.78 is 31.7. The van der Waals surface area contributed by atoms with E-state index in [2.05, 4.69) is 15.6 Å². The molecule has 0 saturated carbocycles. The highest BCUT2D eigenvalue weighted by Gasteiger charge is 2.38. The average Bonchev–Trinajstić information content (AvgIpc) is 2.99. The van der Waals surface area contributed by atoms with Crippen molar-refractivity contribution in [3.8, 4) is 0 Å². The molecule has 2 aromatic carbocycles. The maximum Gasteiger partial charge on any atom is 0.490 e. The number of aliphatic carboxylic acids is 1. The van der Waals surface area contributed by atoms with Gasteiger partial charge in [0.05, 0.1) is 5.92 Å². The largest absolute Gasteiger partial charge is 0.490 e. The topological polar surface area (TPSA) is 279 Å². The molecule has 0 unspecified atom stereocenters. The van der Waals surface area contributed by atoms with Crippen LogP contribution in [0.1, 0.15) is 48.3 Å². The van der Waals surface area contributed by atoms with E-state index in [4.69, 9.17) is 44.0 Å². The van der Waals surface area contributed by atoms with Crippen LogP contribution in [-0.4, -0.2) is 71.9 Å². The van der Waals surface area contributed by atoms with E-state index in [1.807, 2.05) is 42.5 Å². The maximum atomic E-state index is 13.6. The van der Waals surface area contributed by atoms with Crippen molar-refractivity contribution in [3.63, 3.8) is 0 Å². The quantitative estimate of drug-likeness (QED) is 0.0679. The minimum atomic E-state index is -5.08. The first-order chi connectivity index (χ1) is 21.6.